The Morgan fingerprint density at radius 3 is 2.77 bits per heavy atom. The molecule has 116 valence electrons. The van der Waals surface area contributed by atoms with Crippen LogP contribution in [0.15, 0.2) is 24.3 Å². The topological polar surface area (TPSA) is 66.9 Å². The van der Waals surface area contributed by atoms with E-state index in [0.29, 0.717) is 12.4 Å². The SMILES string of the molecule is Cc1cc(C)cc(OCCN2CCC=C(c3nn[nH]n3)C2)c1. The van der Waals surface area contributed by atoms with Gasteiger partial charge in [0.05, 0.1) is 0 Å². The summed E-state index contributed by atoms with van der Waals surface area (Å²) in [6, 6.07) is 6.31. The quantitative estimate of drug-likeness (QED) is 0.914. The van der Waals surface area contributed by atoms with Gasteiger partial charge in [0.25, 0.3) is 0 Å². The molecule has 6 nitrogen and oxygen atoms in total. The number of hydrogen-bond donors (Lipinski definition) is 1. The Balaban J connectivity index is 1.51. The van der Waals surface area contributed by atoms with Crippen LogP contribution in [0.3, 0.4) is 0 Å². The highest BCUT2D eigenvalue weighted by molar-refractivity contribution is 5.61. The Morgan fingerprint density at radius 1 is 1.23 bits per heavy atom. The predicted molar refractivity (Wildman–Crippen MR) is 84.6 cm³/mol. The van der Waals surface area contributed by atoms with Gasteiger partial charge in [0.2, 0.25) is 5.82 Å². The number of rotatable bonds is 5. The van der Waals surface area contributed by atoms with E-state index in [1.807, 2.05) is 0 Å². The Labute approximate surface area is 130 Å². The van der Waals surface area contributed by atoms with Crippen LogP contribution in [0.1, 0.15) is 23.4 Å². The van der Waals surface area contributed by atoms with Crippen LogP contribution in [0, 0.1) is 13.8 Å². The fourth-order valence-electron chi connectivity index (χ4n) is 2.77. The van der Waals surface area contributed by atoms with Crippen molar-refractivity contribution in [1.29, 1.82) is 0 Å². The van der Waals surface area contributed by atoms with Crippen molar-refractivity contribution >= 4 is 5.57 Å². The van der Waals surface area contributed by atoms with Crippen LogP contribution < -0.4 is 4.74 Å². The summed E-state index contributed by atoms with van der Waals surface area (Å²) >= 11 is 0. The van der Waals surface area contributed by atoms with Crippen LogP contribution in [0.4, 0.5) is 0 Å². The number of nitrogens with zero attached hydrogens (tertiary/aromatic N) is 4. The predicted octanol–water partition coefficient (Wildman–Crippen LogP) is 1.98. The molecule has 0 fully saturated rings. The smallest absolute Gasteiger partial charge is 0.201 e. The fraction of sp³-hybridized carbons (Fsp3) is 0.438. The summed E-state index contributed by atoms with van der Waals surface area (Å²) in [5.74, 6) is 1.64. The summed E-state index contributed by atoms with van der Waals surface area (Å²) < 4.78 is 5.89. The Bertz CT molecular complexity index is 630. The van der Waals surface area contributed by atoms with E-state index in [1.165, 1.54) is 11.1 Å². The third kappa shape index (κ3) is 3.71. The molecule has 1 aliphatic rings. The third-order valence-electron chi connectivity index (χ3n) is 3.73. The molecule has 0 amide bonds. The Kier molecular flexibility index (Phi) is 4.48. The van der Waals surface area contributed by atoms with Gasteiger partial charge in [-0.25, -0.2) is 0 Å². The number of aromatic amines is 1. The second-order valence-electron chi connectivity index (χ2n) is 5.70. The molecular weight excluding hydrogens is 278 g/mol. The summed E-state index contributed by atoms with van der Waals surface area (Å²) in [5, 5.41) is 14.2. The molecule has 1 N–H and O–H groups in total. The average molecular weight is 299 g/mol. The molecule has 6 heteroatoms. The Morgan fingerprint density at radius 2 is 2.05 bits per heavy atom. The number of benzene rings is 1. The highest BCUT2D eigenvalue weighted by Crippen LogP contribution is 2.18. The van der Waals surface area contributed by atoms with Crippen molar-refractivity contribution < 1.29 is 4.74 Å². The number of ether oxygens (including phenoxy) is 1. The number of nitrogens with one attached hydrogen (secondary N) is 1. The summed E-state index contributed by atoms with van der Waals surface area (Å²) in [4.78, 5) is 2.36. The standard InChI is InChI=1S/C16H21N5O/c1-12-8-13(2)10-15(9-12)22-7-6-21-5-3-4-14(11-21)16-17-19-20-18-16/h4,8-10H,3,5-7,11H2,1-2H3,(H,17,18,19,20). The van der Waals surface area contributed by atoms with Gasteiger partial charge in [-0.05, 0) is 48.7 Å². The van der Waals surface area contributed by atoms with Gasteiger partial charge in [0.1, 0.15) is 12.4 Å². The first-order valence-corrected chi connectivity index (χ1v) is 7.57. The molecule has 1 aromatic heterocycles. The lowest BCUT2D eigenvalue weighted by Crippen LogP contribution is -2.33. The monoisotopic (exact) mass is 299 g/mol. The van der Waals surface area contributed by atoms with Crippen molar-refractivity contribution in [3.8, 4) is 5.75 Å². The molecule has 2 heterocycles. The zero-order valence-electron chi connectivity index (χ0n) is 13.0. The van der Waals surface area contributed by atoms with Crippen molar-refractivity contribution in [3.05, 3.63) is 41.2 Å². The van der Waals surface area contributed by atoms with Gasteiger partial charge < -0.3 is 4.74 Å². The van der Waals surface area contributed by atoms with E-state index >= 15 is 0 Å². The number of hydrogen-bond acceptors (Lipinski definition) is 5. The molecule has 1 aliphatic heterocycles. The summed E-state index contributed by atoms with van der Waals surface area (Å²) in [6.45, 7) is 7.64. The molecule has 0 saturated carbocycles. The molecule has 0 radical (unpaired) electrons. The minimum atomic E-state index is 0.683. The highest BCUT2D eigenvalue weighted by atomic mass is 16.5. The van der Waals surface area contributed by atoms with Gasteiger partial charge >= 0.3 is 0 Å². The van der Waals surface area contributed by atoms with E-state index in [2.05, 4.69) is 63.6 Å². The highest BCUT2D eigenvalue weighted by Gasteiger charge is 2.16. The van der Waals surface area contributed by atoms with Crippen LogP contribution >= 0.6 is 0 Å². The summed E-state index contributed by atoms with van der Waals surface area (Å²) in [6.07, 6.45) is 3.19. The molecule has 22 heavy (non-hydrogen) atoms. The van der Waals surface area contributed by atoms with Crippen LogP contribution in [0.5, 0.6) is 5.75 Å². The maximum atomic E-state index is 5.89. The van der Waals surface area contributed by atoms with Gasteiger partial charge in [0, 0.05) is 25.2 Å². The molecular formula is C16H21N5O. The maximum Gasteiger partial charge on any atom is 0.201 e. The number of tetrazole rings is 1. The third-order valence-corrected chi connectivity index (χ3v) is 3.73. The van der Waals surface area contributed by atoms with Crippen LogP contribution in [0.2, 0.25) is 0 Å². The molecule has 0 atom stereocenters. The molecule has 0 saturated heterocycles. The van der Waals surface area contributed by atoms with Crippen LogP contribution in [0.25, 0.3) is 5.57 Å². The van der Waals surface area contributed by atoms with Gasteiger partial charge in [-0.2, -0.15) is 5.21 Å². The van der Waals surface area contributed by atoms with E-state index in [4.69, 9.17) is 4.74 Å². The van der Waals surface area contributed by atoms with Crippen LogP contribution in [-0.4, -0.2) is 51.8 Å². The number of H-pyrrole nitrogens is 1. The first-order valence-electron chi connectivity index (χ1n) is 7.57. The first kappa shape index (κ1) is 14.7. The summed E-state index contributed by atoms with van der Waals surface area (Å²) in [5.41, 5.74) is 3.59. The van der Waals surface area contributed by atoms with E-state index in [0.717, 1.165) is 37.4 Å². The molecule has 0 unspecified atom stereocenters. The largest absolute Gasteiger partial charge is 0.492 e. The average Bonchev–Trinajstić information content (AvgIpc) is 3.01. The van der Waals surface area contributed by atoms with Crippen molar-refractivity contribution in [1.82, 2.24) is 25.5 Å². The minimum Gasteiger partial charge on any atom is -0.492 e. The van der Waals surface area contributed by atoms with Crippen LogP contribution in [-0.2, 0) is 0 Å². The van der Waals surface area contributed by atoms with Crippen molar-refractivity contribution in [2.45, 2.75) is 20.3 Å². The summed E-state index contributed by atoms with van der Waals surface area (Å²) in [7, 11) is 0. The molecule has 1 aromatic carbocycles. The number of aromatic nitrogens is 4. The lowest BCUT2D eigenvalue weighted by atomic mass is 10.1. The lowest BCUT2D eigenvalue weighted by Gasteiger charge is -2.26. The zero-order chi connectivity index (χ0) is 15.4. The van der Waals surface area contributed by atoms with Crippen molar-refractivity contribution in [3.63, 3.8) is 0 Å². The minimum absolute atomic E-state index is 0.683. The zero-order valence-corrected chi connectivity index (χ0v) is 13.0. The van der Waals surface area contributed by atoms with E-state index < -0.39 is 0 Å². The van der Waals surface area contributed by atoms with Gasteiger partial charge in [-0.3, -0.25) is 4.90 Å². The van der Waals surface area contributed by atoms with E-state index in [9.17, 15) is 0 Å². The number of aryl methyl sites for hydroxylation is 2. The first-order chi connectivity index (χ1) is 10.7. The molecule has 0 aliphatic carbocycles. The van der Waals surface area contributed by atoms with Crippen molar-refractivity contribution in [2.75, 3.05) is 26.2 Å². The maximum absolute atomic E-state index is 5.89. The van der Waals surface area contributed by atoms with Gasteiger partial charge in [-0.15, -0.1) is 10.2 Å². The lowest BCUT2D eigenvalue weighted by molar-refractivity contribution is 0.223. The van der Waals surface area contributed by atoms with Crippen molar-refractivity contribution in [2.24, 2.45) is 0 Å². The molecule has 3 rings (SSSR count). The Hall–Kier alpha value is -2.21. The van der Waals surface area contributed by atoms with Gasteiger partial charge in [0.15, 0.2) is 0 Å². The second-order valence-corrected chi connectivity index (χ2v) is 5.70. The van der Waals surface area contributed by atoms with E-state index in [-0.39, 0.29) is 0 Å². The molecule has 0 bridgehead atoms. The normalized spacial score (nSPS) is 15.6. The van der Waals surface area contributed by atoms with Gasteiger partial charge in [-0.1, -0.05) is 12.1 Å². The fourth-order valence-corrected chi connectivity index (χ4v) is 2.77. The second kappa shape index (κ2) is 6.70. The van der Waals surface area contributed by atoms with E-state index in [1.54, 1.807) is 0 Å². The molecule has 0 spiro atoms. The molecule has 2 aromatic rings.